The third kappa shape index (κ3) is 1.91. The second kappa shape index (κ2) is 4.37. The third-order valence-corrected chi connectivity index (χ3v) is 5.92. The second-order valence-electron chi connectivity index (χ2n) is 8.09. The van der Waals surface area contributed by atoms with Gasteiger partial charge in [0.05, 0.1) is 5.39 Å². The number of anilines is 1. The summed E-state index contributed by atoms with van der Waals surface area (Å²) in [5, 5.41) is 0.641. The minimum atomic E-state index is -0.143. The first kappa shape index (κ1) is 13.9. The summed E-state index contributed by atoms with van der Waals surface area (Å²) >= 11 is 0. The monoisotopic (exact) mass is 300 g/mol. The number of H-pyrrole nitrogens is 1. The van der Waals surface area contributed by atoms with Crippen molar-refractivity contribution in [3.8, 4) is 0 Å². The quantitative estimate of drug-likeness (QED) is 0.850. The summed E-state index contributed by atoms with van der Waals surface area (Å²) < 4.78 is 2.21. The van der Waals surface area contributed by atoms with Gasteiger partial charge in [0, 0.05) is 12.2 Å². The Morgan fingerprint density at radius 2 is 2.09 bits per heavy atom. The molecule has 4 rings (SSSR count). The summed E-state index contributed by atoms with van der Waals surface area (Å²) in [5.74, 6) is 2.40. The fraction of sp³-hybridized carbons (Fsp3) is 0.647. The molecule has 2 fully saturated rings. The highest BCUT2D eigenvalue weighted by atomic mass is 16.1. The third-order valence-electron chi connectivity index (χ3n) is 5.92. The molecule has 2 saturated carbocycles. The standard InChI is InChI=1S/C17H24N4O/c1-9-6-13(12-8-17(2,3)7-11(9)12)21-5-4-10-14(21)19-16(18)20-15(10)22/h4-5,9,11-13H,6-8H2,1-3H3,(H3,18,19,20,22). The van der Waals surface area contributed by atoms with Crippen LogP contribution >= 0.6 is 0 Å². The van der Waals surface area contributed by atoms with E-state index >= 15 is 0 Å². The molecule has 22 heavy (non-hydrogen) atoms. The lowest BCUT2D eigenvalue weighted by Gasteiger charge is -2.24. The van der Waals surface area contributed by atoms with Crippen molar-refractivity contribution in [2.75, 3.05) is 5.73 Å². The smallest absolute Gasteiger partial charge is 0.261 e. The van der Waals surface area contributed by atoms with Crippen molar-refractivity contribution in [3.05, 3.63) is 22.6 Å². The average Bonchev–Trinajstić information content (AvgIpc) is 3.03. The highest BCUT2D eigenvalue weighted by Crippen LogP contribution is 2.59. The lowest BCUT2D eigenvalue weighted by Crippen LogP contribution is -2.18. The van der Waals surface area contributed by atoms with Crippen LogP contribution in [-0.4, -0.2) is 14.5 Å². The lowest BCUT2D eigenvalue weighted by atomic mass is 9.86. The zero-order valence-electron chi connectivity index (χ0n) is 13.5. The Labute approximate surface area is 129 Å². The Bertz CT molecular complexity index is 788. The highest BCUT2D eigenvalue weighted by molar-refractivity contribution is 5.76. The van der Waals surface area contributed by atoms with Crippen molar-refractivity contribution in [2.24, 2.45) is 23.2 Å². The number of aromatic nitrogens is 3. The highest BCUT2D eigenvalue weighted by Gasteiger charge is 2.50. The van der Waals surface area contributed by atoms with Crippen LogP contribution in [0.25, 0.3) is 11.0 Å². The van der Waals surface area contributed by atoms with Crippen LogP contribution < -0.4 is 11.3 Å². The SMILES string of the molecule is CC1CC(n2ccc3c(=O)[nH]c(N)nc32)C2CC(C)(C)CC12. The molecule has 2 aliphatic rings. The molecule has 2 aliphatic carbocycles. The molecule has 0 spiro atoms. The van der Waals surface area contributed by atoms with E-state index in [0.29, 0.717) is 22.8 Å². The normalized spacial score (nSPS) is 33.4. The predicted molar refractivity (Wildman–Crippen MR) is 87.6 cm³/mol. The summed E-state index contributed by atoms with van der Waals surface area (Å²) in [4.78, 5) is 19.0. The van der Waals surface area contributed by atoms with Gasteiger partial charge in [-0.15, -0.1) is 0 Å². The van der Waals surface area contributed by atoms with Crippen LogP contribution in [0.4, 0.5) is 5.95 Å². The Hall–Kier alpha value is -1.78. The van der Waals surface area contributed by atoms with Gasteiger partial charge in [-0.05, 0) is 48.5 Å². The number of nitrogens with one attached hydrogen (secondary N) is 1. The fourth-order valence-electron chi connectivity index (χ4n) is 5.08. The molecule has 0 radical (unpaired) electrons. The van der Waals surface area contributed by atoms with E-state index < -0.39 is 0 Å². The molecule has 2 heterocycles. The van der Waals surface area contributed by atoms with Crippen molar-refractivity contribution in [1.82, 2.24) is 14.5 Å². The molecular weight excluding hydrogens is 276 g/mol. The number of nitrogens with zero attached hydrogens (tertiary/aromatic N) is 2. The van der Waals surface area contributed by atoms with Gasteiger partial charge in [0.1, 0.15) is 5.65 Å². The predicted octanol–water partition coefficient (Wildman–Crippen LogP) is 2.94. The van der Waals surface area contributed by atoms with E-state index in [0.717, 1.165) is 17.5 Å². The van der Waals surface area contributed by atoms with Gasteiger partial charge in [-0.2, -0.15) is 4.98 Å². The van der Waals surface area contributed by atoms with E-state index in [2.05, 4.69) is 35.3 Å². The van der Waals surface area contributed by atoms with Gasteiger partial charge in [-0.3, -0.25) is 9.78 Å². The molecule has 118 valence electrons. The second-order valence-corrected chi connectivity index (χ2v) is 8.09. The molecule has 5 heteroatoms. The Morgan fingerprint density at radius 1 is 1.36 bits per heavy atom. The number of hydrogen-bond acceptors (Lipinski definition) is 3. The van der Waals surface area contributed by atoms with E-state index in [4.69, 9.17) is 5.73 Å². The van der Waals surface area contributed by atoms with Crippen LogP contribution in [0.3, 0.4) is 0 Å². The van der Waals surface area contributed by atoms with Crippen molar-refractivity contribution in [3.63, 3.8) is 0 Å². The lowest BCUT2D eigenvalue weighted by molar-refractivity contribution is 0.302. The maximum atomic E-state index is 12.0. The van der Waals surface area contributed by atoms with E-state index in [9.17, 15) is 4.79 Å². The molecule has 0 amide bonds. The first-order chi connectivity index (χ1) is 10.4. The molecule has 0 saturated heterocycles. The zero-order chi connectivity index (χ0) is 15.6. The van der Waals surface area contributed by atoms with Crippen molar-refractivity contribution in [2.45, 2.75) is 46.1 Å². The Morgan fingerprint density at radius 3 is 2.86 bits per heavy atom. The zero-order valence-corrected chi connectivity index (χ0v) is 13.5. The Balaban J connectivity index is 1.81. The number of rotatable bonds is 1. The Kier molecular flexibility index (Phi) is 2.75. The van der Waals surface area contributed by atoms with Crippen LogP contribution in [-0.2, 0) is 0 Å². The van der Waals surface area contributed by atoms with Crippen LogP contribution in [0.5, 0.6) is 0 Å². The largest absolute Gasteiger partial charge is 0.369 e. The van der Waals surface area contributed by atoms with Gasteiger partial charge in [-0.25, -0.2) is 0 Å². The van der Waals surface area contributed by atoms with Crippen molar-refractivity contribution >= 4 is 17.0 Å². The molecule has 0 aromatic carbocycles. The van der Waals surface area contributed by atoms with Crippen LogP contribution in [0.1, 0.15) is 46.1 Å². The molecule has 4 atom stereocenters. The number of nitrogens with two attached hydrogens (primary N) is 1. The van der Waals surface area contributed by atoms with Gasteiger partial charge >= 0.3 is 0 Å². The number of nitrogen functional groups attached to an aromatic ring is 1. The molecule has 2 aromatic heterocycles. The summed E-state index contributed by atoms with van der Waals surface area (Å²) in [7, 11) is 0. The van der Waals surface area contributed by atoms with Crippen LogP contribution in [0, 0.1) is 23.2 Å². The molecule has 2 aromatic rings. The fourth-order valence-corrected chi connectivity index (χ4v) is 5.08. The van der Waals surface area contributed by atoms with Gasteiger partial charge in [-0.1, -0.05) is 20.8 Å². The summed E-state index contributed by atoms with van der Waals surface area (Å²) in [6.45, 7) is 7.13. The first-order valence-electron chi connectivity index (χ1n) is 8.22. The summed E-state index contributed by atoms with van der Waals surface area (Å²) in [5.41, 5.74) is 6.77. The maximum absolute atomic E-state index is 12.0. The topological polar surface area (TPSA) is 76.7 Å². The summed E-state index contributed by atoms with van der Waals surface area (Å²) in [6.07, 6.45) is 5.76. The maximum Gasteiger partial charge on any atom is 0.261 e. The van der Waals surface area contributed by atoms with Crippen molar-refractivity contribution < 1.29 is 0 Å². The molecule has 0 aliphatic heterocycles. The molecule has 4 unspecified atom stereocenters. The van der Waals surface area contributed by atoms with Crippen LogP contribution in [0.2, 0.25) is 0 Å². The molecule has 3 N–H and O–H groups in total. The molecule has 5 nitrogen and oxygen atoms in total. The average molecular weight is 300 g/mol. The van der Waals surface area contributed by atoms with Gasteiger partial charge in [0.15, 0.2) is 0 Å². The number of fused-ring (bicyclic) bond motifs is 2. The minimum Gasteiger partial charge on any atom is -0.369 e. The van der Waals surface area contributed by atoms with Crippen LogP contribution in [0.15, 0.2) is 17.1 Å². The van der Waals surface area contributed by atoms with E-state index in [1.54, 1.807) is 0 Å². The van der Waals surface area contributed by atoms with E-state index in [1.165, 1.54) is 19.3 Å². The first-order valence-corrected chi connectivity index (χ1v) is 8.22. The van der Waals surface area contributed by atoms with E-state index in [-0.39, 0.29) is 11.5 Å². The number of aromatic amines is 1. The molecule has 0 bridgehead atoms. The summed E-state index contributed by atoms with van der Waals surface area (Å²) in [6, 6.07) is 2.31. The van der Waals surface area contributed by atoms with E-state index in [1.807, 2.05) is 12.3 Å². The minimum absolute atomic E-state index is 0.143. The van der Waals surface area contributed by atoms with Gasteiger partial charge < -0.3 is 10.3 Å². The molecular formula is C17H24N4O. The number of hydrogen-bond donors (Lipinski definition) is 2. The van der Waals surface area contributed by atoms with Gasteiger partial charge in [0.2, 0.25) is 5.95 Å². The van der Waals surface area contributed by atoms with Crippen molar-refractivity contribution in [1.29, 1.82) is 0 Å². The van der Waals surface area contributed by atoms with Gasteiger partial charge in [0.25, 0.3) is 5.56 Å².